The van der Waals surface area contributed by atoms with Gasteiger partial charge in [-0.25, -0.2) is 0 Å². The van der Waals surface area contributed by atoms with Gasteiger partial charge in [-0.15, -0.1) is 0 Å². The maximum atomic E-state index is 12.2. The van der Waals surface area contributed by atoms with Crippen LogP contribution >= 0.6 is 0 Å². The molecule has 0 unspecified atom stereocenters. The van der Waals surface area contributed by atoms with E-state index in [9.17, 15) is 9.90 Å². The SMILES string of the molecule is O=C(Nc1ccc(Cc2ccc3[nH]c(O)c(C=Nc4ccc(N5CCOCC5)cc4)c3c2)cc1)c1cn[nH]c1. The van der Waals surface area contributed by atoms with Gasteiger partial charge < -0.3 is 25.0 Å². The fourth-order valence-electron chi connectivity index (χ4n) is 4.72. The quantitative estimate of drug-likeness (QED) is 0.225. The number of benzene rings is 3. The van der Waals surface area contributed by atoms with Crippen molar-refractivity contribution in [1.82, 2.24) is 15.2 Å². The molecule has 0 saturated carbocycles. The topological polar surface area (TPSA) is 119 Å². The molecular formula is C30H28N6O3. The van der Waals surface area contributed by atoms with Gasteiger partial charge in [0.1, 0.15) is 0 Å². The summed E-state index contributed by atoms with van der Waals surface area (Å²) in [5.74, 6) is -0.120. The average Bonchev–Trinajstić information content (AvgIpc) is 3.62. The fourth-order valence-corrected chi connectivity index (χ4v) is 4.72. The molecule has 0 spiro atoms. The molecule has 1 saturated heterocycles. The van der Waals surface area contributed by atoms with Crippen LogP contribution in [0, 0.1) is 0 Å². The van der Waals surface area contributed by atoms with Crippen molar-refractivity contribution in [2.24, 2.45) is 4.99 Å². The lowest BCUT2D eigenvalue weighted by Crippen LogP contribution is -2.36. The number of H-pyrrole nitrogens is 2. The van der Waals surface area contributed by atoms with Crippen molar-refractivity contribution >= 4 is 40.1 Å². The summed E-state index contributed by atoms with van der Waals surface area (Å²) in [6.45, 7) is 3.28. The van der Waals surface area contributed by atoms with Crippen molar-refractivity contribution in [3.8, 4) is 5.88 Å². The summed E-state index contributed by atoms with van der Waals surface area (Å²) in [6.07, 6.45) is 5.45. The number of rotatable bonds is 7. The summed E-state index contributed by atoms with van der Waals surface area (Å²) in [4.78, 5) is 22.2. The Morgan fingerprint density at radius 3 is 2.56 bits per heavy atom. The fraction of sp³-hybridized carbons (Fsp3) is 0.167. The second kappa shape index (κ2) is 10.8. The van der Waals surface area contributed by atoms with Gasteiger partial charge in [-0.1, -0.05) is 18.2 Å². The molecule has 9 nitrogen and oxygen atoms in total. The van der Waals surface area contributed by atoms with E-state index < -0.39 is 0 Å². The molecule has 3 aromatic carbocycles. The molecule has 2 aromatic heterocycles. The molecule has 0 aliphatic carbocycles. The highest BCUT2D eigenvalue weighted by Gasteiger charge is 2.12. The van der Waals surface area contributed by atoms with Crippen molar-refractivity contribution in [2.75, 3.05) is 36.5 Å². The number of aromatic amines is 2. The molecule has 4 N–H and O–H groups in total. The first-order valence-corrected chi connectivity index (χ1v) is 12.8. The van der Waals surface area contributed by atoms with Gasteiger partial charge in [0.15, 0.2) is 5.88 Å². The number of carbonyl (C=O) groups excluding carboxylic acids is 1. The Hall–Kier alpha value is -4.89. The number of aromatic nitrogens is 3. The molecule has 39 heavy (non-hydrogen) atoms. The van der Waals surface area contributed by atoms with E-state index in [1.165, 1.54) is 6.20 Å². The predicted octanol–water partition coefficient (Wildman–Crippen LogP) is 5.03. The number of aromatic hydroxyl groups is 1. The first kappa shape index (κ1) is 24.4. The smallest absolute Gasteiger partial charge is 0.258 e. The minimum absolute atomic E-state index is 0.0913. The van der Waals surface area contributed by atoms with E-state index in [1.54, 1.807) is 12.4 Å². The number of nitrogens with one attached hydrogen (secondary N) is 3. The van der Waals surface area contributed by atoms with Crippen molar-refractivity contribution in [3.63, 3.8) is 0 Å². The average molecular weight is 521 g/mol. The molecule has 196 valence electrons. The van der Waals surface area contributed by atoms with Crippen LogP contribution in [0.1, 0.15) is 27.0 Å². The van der Waals surface area contributed by atoms with Gasteiger partial charge in [-0.3, -0.25) is 14.9 Å². The summed E-state index contributed by atoms with van der Waals surface area (Å²) in [6, 6.07) is 21.9. The van der Waals surface area contributed by atoms with Crippen LogP contribution in [-0.4, -0.2) is 58.7 Å². The Morgan fingerprint density at radius 1 is 1.05 bits per heavy atom. The van der Waals surface area contributed by atoms with Gasteiger partial charge in [0, 0.05) is 47.8 Å². The maximum Gasteiger partial charge on any atom is 0.258 e. The summed E-state index contributed by atoms with van der Waals surface area (Å²) in [5, 5.41) is 20.8. The Kier molecular flexibility index (Phi) is 6.80. The number of nitrogens with zero attached hydrogens (tertiary/aromatic N) is 3. The van der Waals surface area contributed by atoms with Gasteiger partial charge in [0.05, 0.1) is 36.2 Å². The highest BCUT2D eigenvalue weighted by atomic mass is 16.5. The number of carbonyl (C=O) groups is 1. The zero-order chi connectivity index (χ0) is 26.6. The molecule has 3 heterocycles. The molecule has 1 aliphatic heterocycles. The van der Waals surface area contributed by atoms with Crippen LogP contribution in [-0.2, 0) is 11.2 Å². The molecule has 0 bridgehead atoms. The lowest BCUT2D eigenvalue weighted by atomic mass is 10.0. The molecule has 1 fully saturated rings. The third kappa shape index (κ3) is 5.53. The van der Waals surface area contributed by atoms with Crippen LogP contribution in [0.25, 0.3) is 10.9 Å². The number of fused-ring (bicyclic) bond motifs is 1. The first-order valence-electron chi connectivity index (χ1n) is 12.8. The Morgan fingerprint density at radius 2 is 1.82 bits per heavy atom. The van der Waals surface area contributed by atoms with Crippen LogP contribution in [0.4, 0.5) is 17.1 Å². The number of anilines is 2. The summed E-state index contributed by atoms with van der Waals surface area (Å²) in [5.41, 5.74) is 6.87. The Balaban J connectivity index is 1.16. The zero-order valence-electron chi connectivity index (χ0n) is 21.2. The summed E-state index contributed by atoms with van der Waals surface area (Å²) < 4.78 is 5.43. The molecule has 9 heteroatoms. The van der Waals surface area contributed by atoms with Gasteiger partial charge in [0.25, 0.3) is 5.91 Å². The van der Waals surface area contributed by atoms with E-state index in [-0.39, 0.29) is 11.8 Å². The van der Waals surface area contributed by atoms with E-state index >= 15 is 0 Å². The van der Waals surface area contributed by atoms with Gasteiger partial charge in [-0.05, 0) is 66.1 Å². The van der Waals surface area contributed by atoms with Crippen LogP contribution in [0.3, 0.4) is 0 Å². The highest BCUT2D eigenvalue weighted by Crippen LogP contribution is 2.29. The predicted molar refractivity (Wildman–Crippen MR) is 152 cm³/mol. The lowest BCUT2D eigenvalue weighted by molar-refractivity contribution is 0.102. The normalized spacial score (nSPS) is 13.8. The zero-order valence-corrected chi connectivity index (χ0v) is 21.2. The van der Waals surface area contributed by atoms with E-state index in [1.807, 2.05) is 48.5 Å². The van der Waals surface area contributed by atoms with Crippen molar-refractivity contribution < 1.29 is 14.6 Å². The van der Waals surface area contributed by atoms with Crippen molar-refractivity contribution in [1.29, 1.82) is 0 Å². The van der Waals surface area contributed by atoms with E-state index in [4.69, 9.17) is 4.74 Å². The Labute approximate surface area is 225 Å². The summed E-state index contributed by atoms with van der Waals surface area (Å²) in [7, 11) is 0. The molecule has 1 amide bonds. The highest BCUT2D eigenvalue weighted by molar-refractivity contribution is 6.04. The number of hydrogen-bond donors (Lipinski definition) is 4. The lowest BCUT2D eigenvalue weighted by Gasteiger charge is -2.28. The first-order chi connectivity index (χ1) is 19.1. The van der Waals surface area contributed by atoms with E-state index in [2.05, 4.69) is 48.6 Å². The maximum absolute atomic E-state index is 12.2. The number of aliphatic imine (C=N–C) groups is 1. The van der Waals surface area contributed by atoms with Crippen molar-refractivity contribution in [2.45, 2.75) is 6.42 Å². The standard InChI is InChI=1S/C30H28N6O3/c37-29(22-17-32-33-18-22)34-24-4-1-20(2-5-24)15-21-3-10-28-26(16-21)27(30(38)35-28)19-31-23-6-8-25(9-7-23)36-11-13-39-14-12-36/h1-10,16-19,35,38H,11-15H2,(H,32,33)(H,34,37). The molecule has 6 rings (SSSR count). The minimum atomic E-state index is -0.212. The van der Waals surface area contributed by atoms with Crippen LogP contribution in [0.2, 0.25) is 0 Å². The second-order valence-corrected chi connectivity index (χ2v) is 9.46. The number of ether oxygens (including phenoxy) is 1. The van der Waals surface area contributed by atoms with Crippen LogP contribution in [0.15, 0.2) is 84.1 Å². The monoisotopic (exact) mass is 520 g/mol. The third-order valence-electron chi connectivity index (χ3n) is 6.83. The largest absolute Gasteiger partial charge is 0.494 e. The summed E-state index contributed by atoms with van der Waals surface area (Å²) >= 11 is 0. The second-order valence-electron chi connectivity index (χ2n) is 9.46. The minimum Gasteiger partial charge on any atom is -0.494 e. The van der Waals surface area contributed by atoms with E-state index in [0.717, 1.165) is 59.7 Å². The molecule has 0 atom stereocenters. The van der Waals surface area contributed by atoms with E-state index in [0.29, 0.717) is 23.2 Å². The number of morpholine rings is 1. The molecule has 5 aromatic rings. The number of hydrogen-bond acceptors (Lipinski definition) is 6. The Bertz CT molecular complexity index is 1600. The molecule has 0 radical (unpaired) electrons. The van der Waals surface area contributed by atoms with Gasteiger partial charge >= 0.3 is 0 Å². The van der Waals surface area contributed by atoms with Gasteiger partial charge in [0.2, 0.25) is 0 Å². The molecular weight excluding hydrogens is 492 g/mol. The number of amides is 1. The van der Waals surface area contributed by atoms with Crippen LogP contribution in [0.5, 0.6) is 5.88 Å². The third-order valence-corrected chi connectivity index (χ3v) is 6.83. The van der Waals surface area contributed by atoms with Crippen LogP contribution < -0.4 is 10.2 Å². The van der Waals surface area contributed by atoms with Gasteiger partial charge in [-0.2, -0.15) is 5.10 Å². The molecule has 1 aliphatic rings. The van der Waals surface area contributed by atoms with Crippen molar-refractivity contribution in [3.05, 3.63) is 101 Å².